The molecule has 0 atom stereocenters. The number of rotatable bonds is 9. The van der Waals surface area contributed by atoms with Gasteiger partial charge in [0.1, 0.15) is 0 Å². The minimum atomic E-state index is 0. The van der Waals surface area contributed by atoms with Crippen molar-refractivity contribution in [3.05, 3.63) is 323 Å². The van der Waals surface area contributed by atoms with E-state index in [1.807, 2.05) is 165 Å². The van der Waals surface area contributed by atoms with Crippen molar-refractivity contribution >= 4 is 0 Å². The second-order valence-corrected chi connectivity index (χ2v) is 23.1. The summed E-state index contributed by atoms with van der Waals surface area (Å²) < 4.78 is 38.0. The van der Waals surface area contributed by atoms with Gasteiger partial charge in [0, 0.05) is 0 Å². The zero-order valence-electron chi connectivity index (χ0n) is 75.2. The molecule has 0 aliphatic heterocycles. The molecule has 9 aromatic rings. The lowest BCUT2D eigenvalue weighted by molar-refractivity contribution is 0.635. The highest BCUT2D eigenvalue weighted by Gasteiger charge is 1.99. The Morgan fingerprint density at radius 2 is 0.170 bits per heavy atom. The van der Waals surface area contributed by atoms with Gasteiger partial charge >= 0.3 is 0 Å². The van der Waals surface area contributed by atoms with Gasteiger partial charge in [-0.05, 0) is 103 Å². The molecule has 0 fully saturated rings. The third kappa shape index (κ3) is 87.3. The average molecular weight is 1470 g/mol. The Morgan fingerprint density at radius 1 is 0.123 bits per heavy atom. The molecule has 0 aliphatic rings. The molecule has 0 heterocycles. The second kappa shape index (κ2) is 109. The number of alkyl halides is 4. The summed E-state index contributed by atoms with van der Waals surface area (Å²) in [6.45, 7) is 71.7. The van der Waals surface area contributed by atoms with Crippen molar-refractivity contribution in [3.8, 4) is 0 Å². The van der Waals surface area contributed by atoms with Crippen LogP contribution in [0.5, 0.6) is 0 Å². The molecule has 0 radical (unpaired) electrons. The molecule has 0 spiro atoms. The van der Waals surface area contributed by atoms with E-state index in [0.717, 1.165) is 0 Å². The number of benzene rings is 9. The molecular weight excluding hydrogens is 1300 g/mol. The Hall–Kier alpha value is -7.30. The molecule has 106 heavy (non-hydrogen) atoms. The summed E-state index contributed by atoms with van der Waals surface area (Å²) in [5, 5.41) is 0. The van der Waals surface area contributed by atoms with Gasteiger partial charge in [-0.25, -0.2) is 0 Å². The lowest BCUT2D eigenvalue weighted by atomic mass is 10.0. The lowest BCUT2D eigenvalue weighted by Gasteiger charge is -2.01. The summed E-state index contributed by atoms with van der Waals surface area (Å²) in [4.78, 5) is 0. The molecule has 0 aromatic heterocycles. The van der Waals surface area contributed by atoms with Crippen LogP contribution in [-0.4, -0.2) is 28.7 Å². The van der Waals surface area contributed by atoms with Crippen LogP contribution in [0, 0.1) is 0 Å². The van der Waals surface area contributed by atoms with Crippen molar-refractivity contribution < 1.29 is 17.6 Å². The van der Waals surface area contributed by atoms with E-state index in [0.29, 0.717) is 82.0 Å². The van der Waals surface area contributed by atoms with Gasteiger partial charge in [0.25, 0.3) is 0 Å². The van der Waals surface area contributed by atoms with Crippen LogP contribution in [0.15, 0.2) is 273 Å². The predicted octanol–water partition coefficient (Wildman–Crippen LogP) is 36.5. The lowest BCUT2D eigenvalue weighted by Crippen LogP contribution is -1.83. The maximum Gasteiger partial charge on any atom is 0.0785 e. The fourth-order valence-electron chi connectivity index (χ4n) is 7.54. The summed E-state index contributed by atoms with van der Waals surface area (Å²) in [6, 6.07) is 94.7. The van der Waals surface area contributed by atoms with E-state index in [1.54, 1.807) is 0 Å². The van der Waals surface area contributed by atoms with Crippen molar-refractivity contribution in [2.45, 2.75) is 296 Å². The smallest absolute Gasteiger partial charge is 0.0785 e. The summed E-state index contributed by atoms with van der Waals surface area (Å²) >= 11 is 0. The van der Waals surface area contributed by atoms with Crippen LogP contribution >= 0.6 is 0 Å². The fraction of sp³-hybridized carbons (Fsp3) is 0.471. The molecule has 608 valence electrons. The third-order valence-corrected chi connectivity index (χ3v) is 13.2. The van der Waals surface area contributed by atoms with E-state index >= 15 is 0 Å². The molecule has 9 aromatic carbocycles. The SMILES string of the molecule is C.CC.CC.CC.CC.CC.CC.CC.CC.CC(C)c1ccccc1.CC(C)c1ccccc1.CC(C)c1ccccc1.CC(C)c1ccccc1.CC(C)c1ccccc1.CC(C)c1ccccc1.CC(C)c1ccccc1.CC(C)c1ccccc1.CC(C)c1ccccc1.CF.CF.CF.CF. The largest absolute Gasteiger partial charge is 0.255 e. The van der Waals surface area contributed by atoms with Gasteiger partial charge < -0.3 is 0 Å². The first-order valence-electron chi connectivity index (χ1n) is 39.7. The molecule has 0 amide bonds. The van der Waals surface area contributed by atoms with E-state index in [1.165, 1.54) is 50.1 Å². The zero-order chi connectivity index (χ0) is 84.2. The van der Waals surface area contributed by atoms with Gasteiger partial charge in [0.15, 0.2) is 0 Å². The Morgan fingerprint density at radius 3 is 0.198 bits per heavy atom. The molecule has 0 N–H and O–H groups in total. The first kappa shape index (κ1) is 128. The van der Waals surface area contributed by atoms with Gasteiger partial charge in [-0.2, -0.15) is 0 Å². The minimum Gasteiger partial charge on any atom is -0.255 e. The molecule has 0 unspecified atom stereocenters. The summed E-state index contributed by atoms with van der Waals surface area (Å²) in [6.07, 6.45) is 0. The van der Waals surface area contributed by atoms with E-state index < -0.39 is 0 Å². The van der Waals surface area contributed by atoms with Crippen molar-refractivity contribution in [3.63, 3.8) is 0 Å². The highest BCUT2D eigenvalue weighted by molar-refractivity contribution is 5.23. The Labute approximate surface area is 661 Å². The number of halogens is 4. The summed E-state index contributed by atoms with van der Waals surface area (Å²) in [5.41, 5.74) is 12.7. The molecule has 0 aliphatic carbocycles. The Bertz CT molecular complexity index is 2110. The van der Waals surface area contributed by atoms with Crippen molar-refractivity contribution in [2.75, 3.05) is 28.7 Å². The van der Waals surface area contributed by atoms with Crippen LogP contribution in [0.4, 0.5) is 17.6 Å². The maximum absolute atomic E-state index is 9.50. The molecule has 9 rings (SSSR count). The van der Waals surface area contributed by atoms with E-state index in [4.69, 9.17) is 0 Å². The van der Waals surface area contributed by atoms with Gasteiger partial charge in [-0.1, -0.05) is 516 Å². The van der Waals surface area contributed by atoms with E-state index in [-0.39, 0.29) is 7.43 Å². The molecule has 0 nitrogen and oxygen atoms in total. The van der Waals surface area contributed by atoms with Crippen molar-refractivity contribution in [1.82, 2.24) is 0 Å². The zero-order valence-corrected chi connectivity index (χ0v) is 75.2. The first-order chi connectivity index (χ1) is 50.7. The van der Waals surface area contributed by atoms with E-state index in [9.17, 15) is 17.6 Å². The van der Waals surface area contributed by atoms with Gasteiger partial charge in [0.05, 0.1) is 28.7 Å². The van der Waals surface area contributed by atoms with Crippen LogP contribution in [0.3, 0.4) is 0 Å². The third-order valence-electron chi connectivity index (χ3n) is 13.2. The van der Waals surface area contributed by atoms with Crippen molar-refractivity contribution in [2.24, 2.45) is 0 Å². The number of hydrogen-bond donors (Lipinski definition) is 0. The normalized spacial score (nSPS) is 8.41. The topological polar surface area (TPSA) is 0 Å². The second-order valence-electron chi connectivity index (χ2n) is 23.1. The minimum absolute atomic E-state index is 0. The van der Waals surface area contributed by atoms with Crippen LogP contribution < -0.4 is 0 Å². The Kier molecular flexibility index (Phi) is 131. The first-order valence-corrected chi connectivity index (χ1v) is 39.7. The number of hydrogen-bond acceptors (Lipinski definition) is 0. The van der Waals surface area contributed by atoms with Crippen LogP contribution in [0.2, 0.25) is 0 Å². The average Bonchev–Trinajstić information content (AvgIpc) is 1.14. The van der Waals surface area contributed by atoms with Gasteiger partial charge in [-0.3, -0.25) is 17.6 Å². The highest BCUT2D eigenvalue weighted by Crippen LogP contribution is 2.18. The van der Waals surface area contributed by atoms with Gasteiger partial charge in [0.2, 0.25) is 0 Å². The molecule has 4 heteroatoms. The van der Waals surface area contributed by atoms with Crippen molar-refractivity contribution in [1.29, 1.82) is 0 Å². The Balaban J connectivity index is -0.0000000804. The molecule has 0 saturated carbocycles. The molecule has 0 bridgehead atoms. The highest BCUT2D eigenvalue weighted by atomic mass is 19.1. The molecular formula is C102H172F4. The molecule has 0 saturated heterocycles. The fourth-order valence-corrected chi connectivity index (χ4v) is 7.54. The summed E-state index contributed by atoms with van der Waals surface area (Å²) in [5.74, 6) is 5.93. The predicted molar refractivity (Wildman–Crippen MR) is 490 cm³/mol. The monoisotopic (exact) mass is 1470 g/mol. The van der Waals surface area contributed by atoms with Crippen LogP contribution in [-0.2, 0) is 0 Å². The standard InChI is InChI=1S/9C9H12.8C2H6.4CH3F.CH4/c9*1-8(2)9-6-4-3-5-7-9;12*1-2;/h9*3-8H,1-2H3;8*1-2H3;4*1H3;1H4. The van der Waals surface area contributed by atoms with Crippen LogP contribution in [0.1, 0.15) is 346 Å². The summed E-state index contributed by atoms with van der Waals surface area (Å²) in [7, 11) is 2.00. The van der Waals surface area contributed by atoms with E-state index in [2.05, 4.69) is 343 Å². The quantitative estimate of drug-likeness (QED) is 0.126. The maximum atomic E-state index is 9.50. The van der Waals surface area contributed by atoms with Gasteiger partial charge in [-0.15, -0.1) is 0 Å². The van der Waals surface area contributed by atoms with Crippen LogP contribution in [0.25, 0.3) is 0 Å².